The van der Waals surface area contributed by atoms with E-state index in [4.69, 9.17) is 15.6 Å². The van der Waals surface area contributed by atoms with E-state index in [1.165, 1.54) is 7.11 Å². The molecule has 8 atom stereocenters. The fourth-order valence-corrected chi connectivity index (χ4v) is 4.92. The van der Waals surface area contributed by atoms with E-state index in [0.29, 0.717) is 64.5 Å². The standard InChI is InChI=1S/C31H59N8O12/c1-51-31(50)21(13-4-8-16-34)39-28(46)20(12-3-7-15-33)38-27(45)19(11-2-6-14-32)37-26(44)18(35)10-5-9-17-36-29(47)24(42)22(40)23(41)25(43)30(48)49/h18-25,34,40-43H,2-17,32-33,35H2,1H3,(H,36,47)(H,37,44)(H,38,45)(H,39,46)(H,48,49)/p+3/t18-,19-,20-,21?,22+,23-,24-,25+/m0/s1. The number of hydrogen-bond acceptors (Lipinski definition) is 11. The smallest absolute Gasteiger partial charge is 0.335 e. The normalized spacial score (nSPS) is 15.9. The fraction of sp³-hybridized carbons (Fsp3) is 0.806. The Morgan fingerprint density at radius 3 is 1.57 bits per heavy atom. The summed E-state index contributed by atoms with van der Waals surface area (Å²) >= 11 is 0. The van der Waals surface area contributed by atoms with Gasteiger partial charge in [-0.25, -0.2) is 9.59 Å². The van der Waals surface area contributed by atoms with Gasteiger partial charge in [0.1, 0.15) is 30.3 Å². The van der Waals surface area contributed by atoms with Crippen molar-refractivity contribution in [2.24, 2.45) is 0 Å². The van der Waals surface area contributed by atoms with Crippen molar-refractivity contribution >= 4 is 35.6 Å². The number of carboxylic acid groups (broad SMARTS) is 1. The zero-order valence-electron chi connectivity index (χ0n) is 29.6. The van der Waals surface area contributed by atoms with Crippen molar-refractivity contribution in [2.45, 2.75) is 126 Å². The number of rotatable bonds is 29. The lowest BCUT2D eigenvalue weighted by Gasteiger charge is -2.25. The van der Waals surface area contributed by atoms with E-state index in [1.54, 1.807) is 0 Å². The van der Waals surface area contributed by atoms with Gasteiger partial charge in [-0.3, -0.25) is 24.9 Å². The first-order valence-electron chi connectivity index (χ1n) is 17.4. The van der Waals surface area contributed by atoms with Crippen molar-refractivity contribution in [3.05, 3.63) is 0 Å². The molecule has 0 bridgehead atoms. The first-order chi connectivity index (χ1) is 24.2. The van der Waals surface area contributed by atoms with Crippen molar-refractivity contribution in [3.63, 3.8) is 0 Å². The van der Waals surface area contributed by atoms with Gasteiger partial charge < -0.3 is 68.7 Å². The van der Waals surface area contributed by atoms with Crippen LogP contribution < -0.4 is 44.2 Å². The summed E-state index contributed by atoms with van der Waals surface area (Å²) in [6.45, 7) is 1.40. The van der Waals surface area contributed by atoms with Crippen molar-refractivity contribution in [3.8, 4) is 0 Å². The van der Waals surface area contributed by atoms with E-state index in [1.807, 2.05) is 0 Å². The average Bonchev–Trinajstić information content (AvgIpc) is 3.11. The number of carbonyl (C=O) groups excluding carboxylic acids is 5. The molecule has 20 nitrogen and oxygen atoms in total. The summed E-state index contributed by atoms with van der Waals surface area (Å²) in [5.41, 5.74) is 18.8. The molecule has 0 fully saturated rings. The highest BCUT2D eigenvalue weighted by molar-refractivity contribution is 5.94. The van der Waals surface area contributed by atoms with E-state index in [2.05, 4.69) is 38.5 Å². The van der Waals surface area contributed by atoms with Gasteiger partial charge in [0.2, 0.25) is 11.8 Å². The maximum absolute atomic E-state index is 13.5. The number of ether oxygens (including phenoxy) is 1. The van der Waals surface area contributed by atoms with Gasteiger partial charge in [0.25, 0.3) is 11.8 Å². The molecule has 19 N–H and O–H groups in total. The predicted molar refractivity (Wildman–Crippen MR) is 178 cm³/mol. The lowest BCUT2D eigenvalue weighted by atomic mass is 10.0. The Labute approximate surface area is 297 Å². The van der Waals surface area contributed by atoms with E-state index in [9.17, 15) is 49.2 Å². The number of carbonyl (C=O) groups is 6. The number of amides is 4. The molecule has 295 valence electrons. The lowest BCUT2D eigenvalue weighted by Crippen LogP contribution is -2.69. The van der Waals surface area contributed by atoms with Gasteiger partial charge >= 0.3 is 11.9 Å². The van der Waals surface area contributed by atoms with Crippen molar-refractivity contribution < 1.29 is 76.2 Å². The number of unbranched alkanes of at least 4 members (excludes halogenated alkanes) is 4. The van der Waals surface area contributed by atoms with Crippen LogP contribution in [0.2, 0.25) is 0 Å². The molecule has 0 saturated heterocycles. The molecule has 51 heavy (non-hydrogen) atoms. The van der Waals surface area contributed by atoms with Crippen LogP contribution in [0.15, 0.2) is 0 Å². The van der Waals surface area contributed by atoms with Crippen molar-refractivity contribution in [2.75, 3.05) is 33.3 Å². The van der Waals surface area contributed by atoms with Crippen LogP contribution in [0.4, 0.5) is 0 Å². The second-order valence-corrected chi connectivity index (χ2v) is 12.3. The maximum atomic E-state index is 13.5. The van der Waals surface area contributed by atoms with Gasteiger partial charge in [-0.15, -0.1) is 0 Å². The number of aliphatic hydroxyl groups is 4. The first-order valence-corrected chi connectivity index (χ1v) is 17.4. The topological polar surface area (TPSA) is 368 Å². The quantitative estimate of drug-likeness (QED) is 0.0252. The summed E-state index contributed by atoms with van der Waals surface area (Å²) in [5.74, 6) is -5.27. The van der Waals surface area contributed by atoms with Crippen LogP contribution in [0.25, 0.3) is 0 Å². The lowest BCUT2D eigenvalue weighted by molar-refractivity contribution is -0.405. The number of aliphatic carboxylic acids is 1. The highest BCUT2D eigenvalue weighted by Gasteiger charge is 2.37. The number of aliphatic hydroxyl groups excluding tert-OH is 4. The van der Waals surface area contributed by atoms with E-state index in [0.717, 1.165) is 0 Å². The summed E-state index contributed by atoms with van der Waals surface area (Å²) in [6, 6.07) is -3.75. The van der Waals surface area contributed by atoms with Crippen molar-refractivity contribution in [1.82, 2.24) is 27.0 Å². The average molecular weight is 739 g/mol. The van der Waals surface area contributed by atoms with E-state index >= 15 is 0 Å². The summed E-state index contributed by atoms with van der Waals surface area (Å²) in [5, 5.41) is 57.8. The summed E-state index contributed by atoms with van der Waals surface area (Å²) in [4.78, 5) is 75.1. The number of nitrogens with one attached hydrogen (secondary N) is 5. The Bertz CT molecular complexity index is 1070. The predicted octanol–water partition coefficient (Wildman–Crippen LogP) is -6.68. The maximum Gasteiger partial charge on any atom is 0.335 e. The monoisotopic (exact) mass is 738 g/mol. The molecule has 0 aromatic carbocycles. The molecule has 0 aliphatic rings. The molecule has 0 spiro atoms. The molecule has 0 rings (SSSR count). The highest BCUT2D eigenvalue weighted by Crippen LogP contribution is 2.10. The molecule has 0 heterocycles. The number of esters is 1. The Kier molecular flexibility index (Phi) is 25.3. The third-order valence-corrected chi connectivity index (χ3v) is 8.14. The molecule has 1 unspecified atom stereocenters. The van der Waals surface area contributed by atoms with Crippen LogP contribution in [-0.2, 0) is 33.5 Å². The number of carboxylic acids is 1. The molecule has 0 aliphatic carbocycles. The molecule has 0 aliphatic heterocycles. The second-order valence-electron chi connectivity index (χ2n) is 12.3. The van der Waals surface area contributed by atoms with Gasteiger partial charge in [0.15, 0.2) is 18.2 Å². The van der Waals surface area contributed by atoms with Crippen LogP contribution in [0, 0.1) is 0 Å². The van der Waals surface area contributed by atoms with Gasteiger partial charge in [-0.05, 0) is 70.6 Å². The molecule has 1 radical (unpaired) electrons. The van der Waals surface area contributed by atoms with Crippen molar-refractivity contribution in [1.29, 1.82) is 0 Å². The molecule has 0 aromatic heterocycles. The Hall–Kier alpha value is -3.50. The summed E-state index contributed by atoms with van der Waals surface area (Å²) in [6.07, 6.45) is -3.90. The van der Waals surface area contributed by atoms with Crippen LogP contribution in [0.1, 0.15) is 77.0 Å². The minimum Gasteiger partial charge on any atom is -0.479 e. The number of hydrogen-bond donors (Lipinski definition) is 12. The van der Waals surface area contributed by atoms with Gasteiger partial charge in [0, 0.05) is 19.5 Å². The second kappa shape index (κ2) is 27.2. The Morgan fingerprint density at radius 2 is 1.08 bits per heavy atom. The third kappa shape index (κ3) is 19.1. The summed E-state index contributed by atoms with van der Waals surface area (Å²) in [7, 11) is 1.21. The molecule has 0 saturated carbocycles. The minimum absolute atomic E-state index is 0.0107. The van der Waals surface area contributed by atoms with Crippen LogP contribution in [0.5, 0.6) is 0 Å². The molecule has 0 aromatic rings. The van der Waals surface area contributed by atoms with Gasteiger partial charge in [0.05, 0.1) is 20.2 Å². The molecular formula is C31H62N8O12+3. The third-order valence-electron chi connectivity index (χ3n) is 8.14. The zero-order chi connectivity index (χ0) is 38.9. The number of quaternary nitrogens is 3. The van der Waals surface area contributed by atoms with E-state index in [-0.39, 0.29) is 38.8 Å². The highest BCUT2D eigenvalue weighted by atomic mass is 16.5. The zero-order valence-corrected chi connectivity index (χ0v) is 29.6. The summed E-state index contributed by atoms with van der Waals surface area (Å²) < 4.78 is 4.83. The van der Waals surface area contributed by atoms with Gasteiger partial charge in [-0.1, -0.05) is 0 Å². The van der Waals surface area contributed by atoms with E-state index < -0.39 is 84.2 Å². The van der Waals surface area contributed by atoms with Crippen LogP contribution in [0.3, 0.4) is 0 Å². The Morgan fingerprint density at radius 1 is 0.627 bits per heavy atom. The minimum atomic E-state index is -2.41. The first kappa shape index (κ1) is 47.5. The molecule has 20 heteroatoms. The molecule has 4 amide bonds. The fourth-order valence-electron chi connectivity index (χ4n) is 4.92. The van der Waals surface area contributed by atoms with Crippen LogP contribution in [-0.4, -0.2) is 143 Å². The van der Waals surface area contributed by atoms with Gasteiger partial charge in [-0.2, -0.15) is 0 Å². The number of methoxy groups -OCH3 is 1. The molecular weight excluding hydrogens is 676 g/mol. The largest absolute Gasteiger partial charge is 0.479 e. The Balaban J connectivity index is 5.33. The van der Waals surface area contributed by atoms with Crippen LogP contribution >= 0.6 is 0 Å². The SMILES string of the molecule is COC(=O)C(CCCC[NH])NC(=O)[C@H](CCCC[NH3+])NC(=O)[C@H](CCCC[NH3+])NC(=O)[C@@H]([NH3+])CCCCNC(=O)[C@@H](O)[C@H](O)[C@H](O)[C@@H](O)C(=O)O.